The number of rotatable bonds is 5. The summed E-state index contributed by atoms with van der Waals surface area (Å²) in [5.41, 5.74) is 0.288. The first-order valence-corrected chi connectivity index (χ1v) is 11.2. The second-order valence-electron chi connectivity index (χ2n) is 7.27. The summed E-state index contributed by atoms with van der Waals surface area (Å²) in [6.45, 7) is 1.37. The number of pyridine rings is 2. The minimum atomic E-state index is -4.40. The molecule has 5 aromatic rings. The number of fused-ring (bicyclic) bond motifs is 1. The van der Waals surface area contributed by atoms with Gasteiger partial charge in [-0.05, 0) is 31.2 Å². The van der Waals surface area contributed by atoms with Gasteiger partial charge in [0.1, 0.15) is 34.9 Å². The van der Waals surface area contributed by atoms with E-state index in [4.69, 9.17) is 0 Å². The van der Waals surface area contributed by atoms with Crippen molar-refractivity contribution in [3.63, 3.8) is 0 Å². The van der Waals surface area contributed by atoms with Crippen LogP contribution in [0.1, 0.15) is 5.69 Å². The number of benzene rings is 1. The average molecular weight is 485 g/mol. The number of halogens is 3. The minimum absolute atomic E-state index is 0.0183. The van der Waals surface area contributed by atoms with Gasteiger partial charge < -0.3 is 9.38 Å². The van der Waals surface area contributed by atoms with Crippen molar-refractivity contribution in [3.8, 4) is 22.6 Å². The molecule has 0 spiro atoms. The number of hydrogen-bond acceptors (Lipinski definition) is 6. The van der Waals surface area contributed by atoms with E-state index in [1.165, 1.54) is 31.8 Å². The lowest BCUT2D eigenvalue weighted by molar-refractivity contribution is 0.584. The molecule has 0 aliphatic carbocycles. The van der Waals surface area contributed by atoms with Gasteiger partial charge in [0.05, 0.1) is 28.7 Å². The Morgan fingerprint density at radius 3 is 2.68 bits per heavy atom. The molecule has 0 saturated carbocycles. The monoisotopic (exact) mass is 485 g/mol. The fraction of sp³-hybridized carbons (Fsp3) is 0.0476. The lowest BCUT2D eigenvalue weighted by Gasteiger charge is -2.14. The first-order chi connectivity index (χ1) is 16.2. The topological polar surface area (TPSA) is 118 Å². The summed E-state index contributed by atoms with van der Waals surface area (Å²) < 4.78 is 72.7. The number of imidazole rings is 1. The van der Waals surface area contributed by atoms with E-state index in [1.54, 1.807) is 10.5 Å². The number of aryl methyl sites for hydroxylation is 1. The lowest BCUT2D eigenvalue weighted by atomic mass is 10.0. The number of nitrogens with one attached hydrogen (secondary N) is 2. The first-order valence-electron chi connectivity index (χ1n) is 9.71. The fourth-order valence-electron chi connectivity index (χ4n) is 3.51. The van der Waals surface area contributed by atoms with E-state index < -0.39 is 43.6 Å². The van der Waals surface area contributed by atoms with E-state index in [0.717, 1.165) is 24.4 Å². The molecule has 0 aliphatic heterocycles. The molecule has 4 aromatic heterocycles. The zero-order chi connectivity index (χ0) is 24.0. The summed E-state index contributed by atoms with van der Waals surface area (Å²) in [6, 6.07) is 5.72. The number of hydrogen-bond donors (Lipinski definition) is 2. The van der Waals surface area contributed by atoms with Gasteiger partial charge in [-0.3, -0.25) is 9.71 Å². The first kappa shape index (κ1) is 21.6. The maximum Gasteiger partial charge on any atom is 0.263 e. The molecule has 2 N–H and O–H groups in total. The smallest absolute Gasteiger partial charge is 0.263 e. The summed E-state index contributed by atoms with van der Waals surface area (Å²) in [7, 11) is -4.40. The van der Waals surface area contributed by atoms with Crippen molar-refractivity contribution in [2.45, 2.75) is 11.8 Å². The molecule has 13 heteroatoms. The van der Waals surface area contributed by atoms with Crippen LogP contribution >= 0.6 is 0 Å². The van der Waals surface area contributed by atoms with E-state index in [1.807, 2.05) is 0 Å². The molecule has 5 rings (SSSR count). The third kappa shape index (κ3) is 3.65. The molecule has 0 radical (unpaired) electrons. The van der Waals surface area contributed by atoms with Crippen LogP contribution in [0.3, 0.4) is 0 Å². The Kier molecular flexibility index (Phi) is 5.05. The van der Waals surface area contributed by atoms with Crippen molar-refractivity contribution in [1.29, 1.82) is 0 Å². The molecular formula is C21H14F3N7O2S. The number of aromatic nitrogens is 6. The Bertz CT molecular complexity index is 1650. The van der Waals surface area contributed by atoms with E-state index in [2.05, 4.69) is 29.9 Å². The van der Waals surface area contributed by atoms with Crippen molar-refractivity contribution in [2.24, 2.45) is 0 Å². The van der Waals surface area contributed by atoms with Gasteiger partial charge in [0.2, 0.25) is 0 Å². The van der Waals surface area contributed by atoms with E-state index in [0.29, 0.717) is 17.0 Å². The van der Waals surface area contributed by atoms with Crippen molar-refractivity contribution in [1.82, 2.24) is 29.5 Å². The molecule has 0 amide bonds. The van der Waals surface area contributed by atoms with Crippen LogP contribution in [-0.2, 0) is 10.0 Å². The largest absolute Gasteiger partial charge is 0.326 e. The molecule has 0 saturated heterocycles. The highest BCUT2D eigenvalue weighted by atomic mass is 32.2. The Labute approximate surface area is 190 Å². The van der Waals surface area contributed by atoms with Crippen molar-refractivity contribution in [3.05, 3.63) is 78.5 Å². The van der Waals surface area contributed by atoms with Gasteiger partial charge in [0.15, 0.2) is 11.6 Å². The van der Waals surface area contributed by atoms with E-state index in [-0.39, 0.29) is 11.3 Å². The van der Waals surface area contributed by atoms with Crippen LogP contribution in [0.5, 0.6) is 0 Å². The molecule has 0 bridgehead atoms. The van der Waals surface area contributed by atoms with Crippen LogP contribution < -0.4 is 4.72 Å². The van der Waals surface area contributed by atoms with Crippen LogP contribution in [0.25, 0.3) is 28.2 Å². The Hall–Kier alpha value is -4.26. The number of anilines is 1. The van der Waals surface area contributed by atoms with E-state index >= 15 is 4.39 Å². The number of H-pyrrole nitrogens is 1. The molecule has 172 valence electrons. The summed E-state index contributed by atoms with van der Waals surface area (Å²) in [4.78, 5) is 10.3. The second kappa shape index (κ2) is 7.95. The van der Waals surface area contributed by atoms with Gasteiger partial charge in [-0.15, -0.1) is 10.2 Å². The minimum Gasteiger partial charge on any atom is -0.326 e. The predicted octanol–water partition coefficient (Wildman–Crippen LogP) is 3.71. The standard InChI is InChI=1S/C21H14F3N7O2S/c1-11-17(6-13(22)7-25-11)34(32,33)30-15-4-3-14(23)18(19(15)24)12-2-5-16-20(21-26-9-28-29-21)27-10-31(16)8-12/h2-10,30H,1H3,(H,26,28,29). The van der Waals surface area contributed by atoms with Crippen LogP contribution in [0.2, 0.25) is 0 Å². The van der Waals surface area contributed by atoms with Gasteiger partial charge in [0, 0.05) is 11.8 Å². The highest BCUT2D eigenvalue weighted by molar-refractivity contribution is 7.92. The van der Waals surface area contributed by atoms with Crippen molar-refractivity contribution in [2.75, 3.05) is 4.72 Å². The molecular weight excluding hydrogens is 471 g/mol. The van der Waals surface area contributed by atoms with Gasteiger partial charge >= 0.3 is 0 Å². The second-order valence-corrected chi connectivity index (χ2v) is 8.92. The van der Waals surface area contributed by atoms with E-state index in [9.17, 15) is 17.2 Å². The predicted molar refractivity (Wildman–Crippen MR) is 116 cm³/mol. The highest BCUT2D eigenvalue weighted by Gasteiger charge is 2.23. The number of sulfonamides is 1. The van der Waals surface area contributed by atoms with Gasteiger partial charge in [-0.1, -0.05) is 6.07 Å². The van der Waals surface area contributed by atoms with Crippen LogP contribution in [0, 0.1) is 24.4 Å². The third-order valence-corrected chi connectivity index (χ3v) is 6.57. The van der Waals surface area contributed by atoms with Gasteiger partial charge in [-0.25, -0.2) is 26.6 Å². The Morgan fingerprint density at radius 1 is 1.09 bits per heavy atom. The van der Waals surface area contributed by atoms with Crippen LogP contribution in [-0.4, -0.2) is 38.0 Å². The van der Waals surface area contributed by atoms with Crippen LogP contribution in [0.4, 0.5) is 18.9 Å². The number of nitrogens with zero attached hydrogens (tertiary/aromatic N) is 5. The fourth-order valence-corrected chi connectivity index (χ4v) is 4.77. The Balaban J connectivity index is 1.56. The summed E-state index contributed by atoms with van der Waals surface area (Å²) >= 11 is 0. The summed E-state index contributed by atoms with van der Waals surface area (Å²) in [6.07, 6.45) is 5.15. The summed E-state index contributed by atoms with van der Waals surface area (Å²) in [5.74, 6) is -2.49. The van der Waals surface area contributed by atoms with Crippen molar-refractivity contribution >= 4 is 21.2 Å². The number of aromatic amines is 1. The maximum absolute atomic E-state index is 15.4. The molecule has 0 atom stereocenters. The molecule has 0 unspecified atom stereocenters. The molecule has 0 aliphatic rings. The molecule has 0 fully saturated rings. The SMILES string of the molecule is Cc1ncc(F)cc1S(=O)(=O)Nc1ccc(F)c(-c2ccc3c(-c4nnc[nH]4)ncn3c2)c1F. The zero-order valence-electron chi connectivity index (χ0n) is 17.3. The van der Waals surface area contributed by atoms with Crippen LogP contribution in [0.15, 0.2) is 60.3 Å². The molecule has 9 nitrogen and oxygen atoms in total. The molecule has 4 heterocycles. The quantitative estimate of drug-likeness (QED) is 0.392. The third-order valence-electron chi connectivity index (χ3n) is 5.09. The average Bonchev–Trinajstić information content (AvgIpc) is 3.47. The molecule has 1 aromatic carbocycles. The zero-order valence-corrected chi connectivity index (χ0v) is 18.1. The Morgan fingerprint density at radius 2 is 1.91 bits per heavy atom. The van der Waals surface area contributed by atoms with Gasteiger partial charge in [-0.2, -0.15) is 0 Å². The van der Waals surface area contributed by atoms with Gasteiger partial charge in [0.25, 0.3) is 10.0 Å². The highest BCUT2D eigenvalue weighted by Crippen LogP contribution is 2.33. The molecule has 34 heavy (non-hydrogen) atoms. The lowest BCUT2D eigenvalue weighted by Crippen LogP contribution is -2.16. The normalized spacial score (nSPS) is 11.8. The summed E-state index contributed by atoms with van der Waals surface area (Å²) in [5, 5.41) is 7.61. The maximum atomic E-state index is 15.4. The van der Waals surface area contributed by atoms with Crippen molar-refractivity contribution < 1.29 is 21.6 Å².